The van der Waals surface area contributed by atoms with E-state index in [1.807, 2.05) is 24.3 Å². The molecular formula is C14H13N3O. The first-order valence-electron chi connectivity index (χ1n) is 6.10. The molecule has 0 saturated carbocycles. The van der Waals surface area contributed by atoms with Gasteiger partial charge in [0.15, 0.2) is 0 Å². The van der Waals surface area contributed by atoms with E-state index in [9.17, 15) is 4.79 Å². The van der Waals surface area contributed by atoms with Gasteiger partial charge in [0.1, 0.15) is 11.6 Å². The predicted molar refractivity (Wildman–Crippen MR) is 70.7 cm³/mol. The quantitative estimate of drug-likeness (QED) is 0.828. The molecule has 1 aliphatic heterocycles. The van der Waals surface area contributed by atoms with E-state index in [2.05, 4.69) is 9.88 Å². The summed E-state index contributed by atoms with van der Waals surface area (Å²) in [6.45, 7) is 2.09. The van der Waals surface area contributed by atoms with Crippen molar-refractivity contribution in [3.63, 3.8) is 0 Å². The average molecular weight is 239 g/mol. The van der Waals surface area contributed by atoms with Crippen LogP contribution in [0.15, 0.2) is 29.2 Å². The highest BCUT2D eigenvalue weighted by atomic mass is 16.1. The summed E-state index contributed by atoms with van der Waals surface area (Å²) in [7, 11) is 0. The third-order valence-corrected chi connectivity index (χ3v) is 3.46. The van der Waals surface area contributed by atoms with E-state index in [0.717, 1.165) is 24.3 Å². The van der Waals surface area contributed by atoms with E-state index in [0.29, 0.717) is 5.39 Å². The fourth-order valence-electron chi connectivity index (χ4n) is 2.46. The van der Waals surface area contributed by atoms with Gasteiger partial charge in [-0.05, 0) is 31.0 Å². The number of aromatic nitrogens is 1. The van der Waals surface area contributed by atoms with Gasteiger partial charge in [-0.15, -0.1) is 0 Å². The van der Waals surface area contributed by atoms with Crippen molar-refractivity contribution in [1.82, 2.24) is 4.98 Å². The maximum absolute atomic E-state index is 12.1. The molecule has 0 radical (unpaired) electrons. The Kier molecular flexibility index (Phi) is 2.52. The Morgan fingerprint density at radius 3 is 2.78 bits per heavy atom. The molecule has 0 atom stereocenters. The minimum Gasteiger partial charge on any atom is -0.372 e. The fraction of sp³-hybridized carbons (Fsp3) is 0.286. The number of aromatic amines is 1. The minimum atomic E-state index is -0.188. The van der Waals surface area contributed by atoms with Crippen LogP contribution in [-0.2, 0) is 0 Å². The third-order valence-electron chi connectivity index (χ3n) is 3.46. The summed E-state index contributed by atoms with van der Waals surface area (Å²) in [6.07, 6.45) is 3.87. The Labute approximate surface area is 104 Å². The molecule has 4 heteroatoms. The predicted octanol–water partition coefficient (Wildman–Crippen LogP) is 2.00. The summed E-state index contributed by atoms with van der Waals surface area (Å²) in [5, 5.41) is 9.47. The summed E-state index contributed by atoms with van der Waals surface area (Å²) in [5.74, 6) is 0. The molecule has 4 nitrogen and oxygen atoms in total. The van der Waals surface area contributed by atoms with Gasteiger partial charge in [0, 0.05) is 35.9 Å². The zero-order valence-corrected chi connectivity index (χ0v) is 9.94. The van der Waals surface area contributed by atoms with Crippen molar-refractivity contribution >= 4 is 16.6 Å². The largest absolute Gasteiger partial charge is 0.372 e. The molecule has 1 aromatic heterocycles. The molecule has 1 aliphatic rings. The fourth-order valence-corrected chi connectivity index (χ4v) is 2.46. The number of fused-ring (bicyclic) bond motifs is 1. The van der Waals surface area contributed by atoms with Gasteiger partial charge in [0.2, 0.25) is 5.43 Å². The molecule has 0 bridgehead atoms. The van der Waals surface area contributed by atoms with Gasteiger partial charge >= 0.3 is 0 Å². The molecule has 0 unspecified atom stereocenters. The number of rotatable bonds is 1. The maximum atomic E-state index is 12.1. The second-order valence-corrected chi connectivity index (χ2v) is 4.57. The summed E-state index contributed by atoms with van der Waals surface area (Å²) in [4.78, 5) is 17.3. The van der Waals surface area contributed by atoms with E-state index in [1.165, 1.54) is 19.0 Å². The van der Waals surface area contributed by atoms with Crippen LogP contribution in [0.3, 0.4) is 0 Å². The third kappa shape index (κ3) is 1.65. The molecule has 0 aliphatic carbocycles. The monoisotopic (exact) mass is 239 g/mol. The van der Waals surface area contributed by atoms with Gasteiger partial charge in [-0.1, -0.05) is 0 Å². The van der Waals surface area contributed by atoms with Crippen molar-refractivity contribution in [1.29, 1.82) is 5.26 Å². The maximum Gasteiger partial charge on any atom is 0.207 e. The van der Waals surface area contributed by atoms with Crippen molar-refractivity contribution < 1.29 is 0 Å². The first-order valence-corrected chi connectivity index (χ1v) is 6.10. The number of H-pyrrole nitrogens is 1. The van der Waals surface area contributed by atoms with Gasteiger partial charge in [-0.25, -0.2) is 0 Å². The van der Waals surface area contributed by atoms with Crippen molar-refractivity contribution in [3.05, 3.63) is 40.2 Å². The number of nitrogens with one attached hydrogen (secondary N) is 1. The van der Waals surface area contributed by atoms with Crippen LogP contribution >= 0.6 is 0 Å². The number of anilines is 1. The first-order chi connectivity index (χ1) is 8.79. The lowest BCUT2D eigenvalue weighted by molar-refractivity contribution is 0.949. The normalized spacial score (nSPS) is 14.9. The highest BCUT2D eigenvalue weighted by Gasteiger charge is 2.13. The van der Waals surface area contributed by atoms with Gasteiger partial charge in [0.05, 0.1) is 0 Å². The highest BCUT2D eigenvalue weighted by molar-refractivity contribution is 5.83. The van der Waals surface area contributed by atoms with Crippen LogP contribution in [0.2, 0.25) is 0 Å². The minimum absolute atomic E-state index is 0.168. The van der Waals surface area contributed by atoms with E-state index >= 15 is 0 Å². The SMILES string of the molecule is N#Cc1c[nH]c2ccc(N3CCCC3)cc2c1=O. The van der Waals surface area contributed by atoms with Crippen LogP contribution in [0, 0.1) is 11.3 Å². The molecule has 2 aromatic rings. The summed E-state index contributed by atoms with van der Waals surface area (Å²) in [5.41, 5.74) is 1.83. The Hall–Kier alpha value is -2.28. The molecule has 1 aromatic carbocycles. The molecule has 0 spiro atoms. The van der Waals surface area contributed by atoms with E-state index in [4.69, 9.17) is 5.26 Å². The molecule has 18 heavy (non-hydrogen) atoms. The van der Waals surface area contributed by atoms with Gasteiger partial charge in [-0.2, -0.15) is 5.26 Å². The van der Waals surface area contributed by atoms with Crippen LogP contribution in [-0.4, -0.2) is 18.1 Å². The summed E-state index contributed by atoms with van der Waals surface area (Å²) in [6, 6.07) is 7.74. The summed E-state index contributed by atoms with van der Waals surface area (Å²) < 4.78 is 0. The molecule has 1 fully saturated rings. The van der Waals surface area contributed by atoms with Crippen LogP contribution < -0.4 is 10.3 Å². The Balaban J connectivity index is 2.18. The molecule has 2 heterocycles. The molecule has 1 N–H and O–H groups in total. The van der Waals surface area contributed by atoms with Crippen molar-refractivity contribution in [3.8, 4) is 6.07 Å². The Bertz CT molecular complexity index is 690. The molecule has 0 amide bonds. The van der Waals surface area contributed by atoms with Crippen molar-refractivity contribution in [2.24, 2.45) is 0 Å². The standard InChI is InChI=1S/C14H13N3O/c15-8-10-9-16-13-4-3-11(7-12(13)14(10)18)17-5-1-2-6-17/h3-4,7,9H,1-2,5-6H2,(H,16,18). The number of hydrogen-bond acceptors (Lipinski definition) is 3. The van der Waals surface area contributed by atoms with E-state index in [1.54, 1.807) is 0 Å². The Morgan fingerprint density at radius 2 is 2.06 bits per heavy atom. The second-order valence-electron chi connectivity index (χ2n) is 4.57. The first kappa shape index (κ1) is 10.8. The number of pyridine rings is 1. The smallest absolute Gasteiger partial charge is 0.207 e. The lowest BCUT2D eigenvalue weighted by Crippen LogP contribution is -2.18. The zero-order valence-electron chi connectivity index (χ0n) is 9.94. The molecule has 1 saturated heterocycles. The molecular weight excluding hydrogens is 226 g/mol. The number of hydrogen-bond donors (Lipinski definition) is 1. The van der Waals surface area contributed by atoms with Crippen molar-refractivity contribution in [2.45, 2.75) is 12.8 Å². The summed E-state index contributed by atoms with van der Waals surface area (Å²) >= 11 is 0. The van der Waals surface area contributed by atoms with Gasteiger partial charge in [-0.3, -0.25) is 4.79 Å². The van der Waals surface area contributed by atoms with Crippen LogP contribution in [0.5, 0.6) is 0 Å². The lowest BCUT2D eigenvalue weighted by atomic mass is 10.1. The molecule has 90 valence electrons. The lowest BCUT2D eigenvalue weighted by Gasteiger charge is -2.17. The molecule has 3 rings (SSSR count). The second kappa shape index (κ2) is 4.19. The van der Waals surface area contributed by atoms with Crippen LogP contribution in [0.4, 0.5) is 5.69 Å². The number of benzene rings is 1. The van der Waals surface area contributed by atoms with Crippen LogP contribution in [0.1, 0.15) is 18.4 Å². The van der Waals surface area contributed by atoms with E-state index < -0.39 is 0 Å². The van der Waals surface area contributed by atoms with Gasteiger partial charge < -0.3 is 9.88 Å². The van der Waals surface area contributed by atoms with Gasteiger partial charge in [0.25, 0.3) is 0 Å². The number of nitrogens with zero attached hydrogens (tertiary/aromatic N) is 2. The average Bonchev–Trinajstić information content (AvgIpc) is 2.93. The van der Waals surface area contributed by atoms with E-state index in [-0.39, 0.29) is 11.0 Å². The topological polar surface area (TPSA) is 59.9 Å². The van der Waals surface area contributed by atoms with Crippen LogP contribution in [0.25, 0.3) is 10.9 Å². The van der Waals surface area contributed by atoms with Crippen molar-refractivity contribution in [2.75, 3.05) is 18.0 Å². The zero-order chi connectivity index (χ0) is 12.5. The highest BCUT2D eigenvalue weighted by Crippen LogP contribution is 2.22. The Morgan fingerprint density at radius 1 is 1.28 bits per heavy atom. The number of nitriles is 1.